The lowest BCUT2D eigenvalue weighted by Crippen LogP contribution is -2.13. The van der Waals surface area contributed by atoms with Crippen LogP contribution in [-0.4, -0.2) is 39.2 Å². The fourth-order valence-corrected chi connectivity index (χ4v) is 3.53. The van der Waals surface area contributed by atoms with Gasteiger partial charge in [-0.2, -0.15) is 0 Å². The minimum Gasteiger partial charge on any atom is -0.496 e. The molecular formula is C19H21NO7S. The lowest BCUT2D eigenvalue weighted by molar-refractivity contribution is -0.144. The van der Waals surface area contributed by atoms with Crippen molar-refractivity contribution in [2.75, 3.05) is 27.1 Å². The van der Waals surface area contributed by atoms with E-state index in [0.29, 0.717) is 11.3 Å². The summed E-state index contributed by atoms with van der Waals surface area (Å²) in [4.78, 5) is 36.3. The SMILES string of the molecule is COC(=O)c1sc(N)c(C(=O)OC)c1COC(=O)Cc1ccc(C)c(OC)c1. The maximum absolute atomic E-state index is 12.3. The van der Waals surface area contributed by atoms with E-state index in [9.17, 15) is 14.4 Å². The van der Waals surface area contributed by atoms with E-state index < -0.39 is 17.9 Å². The Morgan fingerprint density at radius 2 is 1.75 bits per heavy atom. The van der Waals surface area contributed by atoms with E-state index in [1.165, 1.54) is 14.2 Å². The highest BCUT2D eigenvalue weighted by atomic mass is 32.1. The molecule has 0 aliphatic rings. The smallest absolute Gasteiger partial charge is 0.348 e. The average molecular weight is 407 g/mol. The van der Waals surface area contributed by atoms with E-state index in [2.05, 4.69) is 0 Å². The molecule has 0 saturated carbocycles. The van der Waals surface area contributed by atoms with Gasteiger partial charge in [0.1, 0.15) is 27.8 Å². The average Bonchev–Trinajstić information content (AvgIpc) is 3.02. The van der Waals surface area contributed by atoms with Crippen molar-refractivity contribution in [1.29, 1.82) is 0 Å². The van der Waals surface area contributed by atoms with Crippen molar-refractivity contribution in [3.63, 3.8) is 0 Å². The summed E-state index contributed by atoms with van der Waals surface area (Å²) in [6, 6.07) is 5.38. The fraction of sp³-hybridized carbons (Fsp3) is 0.316. The first-order valence-corrected chi connectivity index (χ1v) is 9.00. The molecule has 28 heavy (non-hydrogen) atoms. The Hall–Kier alpha value is -3.07. The van der Waals surface area contributed by atoms with Gasteiger partial charge in [0.15, 0.2) is 0 Å². The van der Waals surface area contributed by atoms with Gasteiger partial charge in [-0.15, -0.1) is 11.3 Å². The predicted molar refractivity (Wildman–Crippen MR) is 103 cm³/mol. The van der Waals surface area contributed by atoms with Crippen molar-refractivity contribution in [2.24, 2.45) is 0 Å². The quantitative estimate of drug-likeness (QED) is 0.550. The highest BCUT2D eigenvalue weighted by Gasteiger charge is 2.28. The van der Waals surface area contributed by atoms with Gasteiger partial charge in [0, 0.05) is 5.56 Å². The number of carbonyl (C=O) groups excluding carboxylic acids is 3. The molecule has 0 fully saturated rings. The standard InChI is InChI=1S/C19H21NO7S/c1-10-5-6-11(7-13(10)24-2)8-14(21)27-9-12-15(18(22)25-3)17(20)28-16(12)19(23)26-4/h5-7H,8-9,20H2,1-4H3. The molecule has 2 N–H and O–H groups in total. The number of methoxy groups -OCH3 is 3. The molecule has 0 unspecified atom stereocenters. The summed E-state index contributed by atoms with van der Waals surface area (Å²) in [5.74, 6) is -1.28. The third kappa shape index (κ3) is 4.61. The first-order chi connectivity index (χ1) is 13.3. The van der Waals surface area contributed by atoms with Crippen molar-refractivity contribution in [2.45, 2.75) is 20.0 Å². The van der Waals surface area contributed by atoms with E-state index in [0.717, 1.165) is 16.9 Å². The van der Waals surface area contributed by atoms with Crippen molar-refractivity contribution in [1.82, 2.24) is 0 Å². The number of nitrogens with two attached hydrogens (primary N) is 1. The van der Waals surface area contributed by atoms with Crippen LogP contribution in [0.1, 0.15) is 36.7 Å². The molecule has 2 rings (SSSR count). The van der Waals surface area contributed by atoms with Crippen molar-refractivity contribution < 1.29 is 33.3 Å². The molecule has 0 saturated heterocycles. The van der Waals surface area contributed by atoms with Gasteiger partial charge in [0.2, 0.25) is 0 Å². The minimum atomic E-state index is -0.724. The van der Waals surface area contributed by atoms with Crippen LogP contribution < -0.4 is 10.5 Å². The van der Waals surface area contributed by atoms with Gasteiger partial charge in [-0.1, -0.05) is 12.1 Å². The number of benzene rings is 1. The molecule has 0 radical (unpaired) electrons. The molecule has 150 valence electrons. The van der Waals surface area contributed by atoms with Crippen LogP contribution in [0.4, 0.5) is 5.00 Å². The zero-order chi connectivity index (χ0) is 20.8. The molecule has 1 aromatic heterocycles. The maximum Gasteiger partial charge on any atom is 0.348 e. The summed E-state index contributed by atoms with van der Waals surface area (Å²) < 4.78 is 19.9. The molecule has 0 bridgehead atoms. The lowest BCUT2D eigenvalue weighted by Gasteiger charge is -2.09. The monoisotopic (exact) mass is 407 g/mol. The van der Waals surface area contributed by atoms with Crippen molar-refractivity contribution in [3.05, 3.63) is 45.3 Å². The number of carbonyl (C=O) groups is 3. The van der Waals surface area contributed by atoms with E-state index in [4.69, 9.17) is 24.7 Å². The van der Waals surface area contributed by atoms with Gasteiger partial charge in [-0.05, 0) is 24.1 Å². The molecule has 9 heteroatoms. The number of rotatable bonds is 7. The second-order valence-corrected chi connectivity index (χ2v) is 6.83. The molecule has 1 aromatic carbocycles. The third-order valence-electron chi connectivity index (χ3n) is 3.99. The van der Waals surface area contributed by atoms with Crippen LogP contribution in [-0.2, 0) is 32.0 Å². The van der Waals surface area contributed by atoms with E-state index in [-0.39, 0.29) is 34.0 Å². The Bertz CT molecular complexity index is 904. The predicted octanol–water partition coefficient (Wildman–Crippen LogP) is 2.51. The summed E-state index contributed by atoms with van der Waals surface area (Å²) >= 11 is 0.874. The normalized spacial score (nSPS) is 10.3. The van der Waals surface area contributed by atoms with Crippen LogP contribution >= 0.6 is 11.3 Å². The summed E-state index contributed by atoms with van der Waals surface area (Å²) in [5.41, 5.74) is 7.65. The number of hydrogen-bond donors (Lipinski definition) is 1. The Morgan fingerprint density at radius 3 is 2.36 bits per heavy atom. The molecule has 0 amide bonds. The zero-order valence-electron chi connectivity index (χ0n) is 16.0. The van der Waals surface area contributed by atoms with Crippen LogP contribution in [0.15, 0.2) is 18.2 Å². The molecule has 2 aromatic rings. The van der Waals surface area contributed by atoms with Crippen molar-refractivity contribution >= 4 is 34.2 Å². The van der Waals surface area contributed by atoms with Crippen LogP contribution in [0.2, 0.25) is 0 Å². The number of aryl methyl sites for hydroxylation is 1. The second kappa shape index (κ2) is 9.23. The van der Waals surface area contributed by atoms with Gasteiger partial charge >= 0.3 is 17.9 Å². The van der Waals surface area contributed by atoms with Crippen LogP contribution in [0, 0.1) is 6.92 Å². The first-order valence-electron chi connectivity index (χ1n) is 8.19. The summed E-state index contributed by atoms with van der Waals surface area (Å²) in [5, 5.41) is 0.0848. The number of thiophene rings is 1. The summed E-state index contributed by atoms with van der Waals surface area (Å²) in [7, 11) is 3.95. The molecule has 0 aliphatic heterocycles. The molecular weight excluding hydrogens is 386 g/mol. The summed E-state index contributed by atoms with van der Waals surface area (Å²) in [6.07, 6.45) is -0.00260. The van der Waals surface area contributed by atoms with E-state index in [1.54, 1.807) is 19.2 Å². The van der Waals surface area contributed by atoms with Gasteiger partial charge in [-0.3, -0.25) is 4.79 Å². The highest BCUT2D eigenvalue weighted by molar-refractivity contribution is 7.18. The molecule has 1 heterocycles. The number of ether oxygens (including phenoxy) is 4. The van der Waals surface area contributed by atoms with E-state index in [1.807, 2.05) is 13.0 Å². The largest absolute Gasteiger partial charge is 0.496 e. The molecule has 0 atom stereocenters. The zero-order valence-corrected chi connectivity index (χ0v) is 16.8. The third-order valence-corrected chi connectivity index (χ3v) is 5.03. The lowest BCUT2D eigenvalue weighted by atomic mass is 10.1. The number of anilines is 1. The minimum absolute atomic E-state index is 0.00212. The Balaban J connectivity index is 2.20. The molecule has 8 nitrogen and oxygen atoms in total. The van der Waals surface area contributed by atoms with Gasteiger partial charge < -0.3 is 24.7 Å². The van der Waals surface area contributed by atoms with Crippen LogP contribution in [0.5, 0.6) is 5.75 Å². The molecule has 0 spiro atoms. The van der Waals surface area contributed by atoms with Gasteiger partial charge in [0.25, 0.3) is 0 Å². The molecule has 0 aliphatic carbocycles. The number of esters is 3. The van der Waals surface area contributed by atoms with Crippen LogP contribution in [0.3, 0.4) is 0 Å². The van der Waals surface area contributed by atoms with Crippen molar-refractivity contribution in [3.8, 4) is 5.75 Å². The summed E-state index contributed by atoms with van der Waals surface area (Å²) in [6.45, 7) is 1.58. The highest BCUT2D eigenvalue weighted by Crippen LogP contribution is 2.33. The van der Waals surface area contributed by atoms with E-state index >= 15 is 0 Å². The Labute approximate surface area is 166 Å². The first kappa shape index (κ1) is 21.2. The van der Waals surface area contributed by atoms with Crippen LogP contribution in [0.25, 0.3) is 0 Å². The Kier molecular flexibility index (Phi) is 7.00. The number of hydrogen-bond acceptors (Lipinski definition) is 9. The topological polar surface area (TPSA) is 114 Å². The fourth-order valence-electron chi connectivity index (χ4n) is 2.55. The maximum atomic E-state index is 12.3. The Morgan fingerprint density at radius 1 is 1.07 bits per heavy atom. The van der Waals surface area contributed by atoms with Gasteiger partial charge in [0.05, 0.1) is 27.8 Å². The number of nitrogen functional groups attached to an aromatic ring is 1. The second-order valence-electron chi connectivity index (χ2n) is 5.77. The van der Waals surface area contributed by atoms with Gasteiger partial charge in [-0.25, -0.2) is 9.59 Å².